The molecule has 0 spiro atoms. The fraction of sp³-hybridized carbons (Fsp3) is 0.522. The van der Waals surface area contributed by atoms with Gasteiger partial charge in [0, 0.05) is 56.1 Å². The number of aryl methyl sites for hydroxylation is 1. The van der Waals surface area contributed by atoms with Gasteiger partial charge < -0.3 is 24.2 Å². The van der Waals surface area contributed by atoms with E-state index in [1.54, 1.807) is 38.1 Å². The second kappa shape index (κ2) is 9.50. The molecule has 32 heavy (non-hydrogen) atoms. The van der Waals surface area contributed by atoms with E-state index in [0.717, 1.165) is 30.5 Å². The SMILES string of the molecule is Cc1cc(N2CCOCC2)nc(N2CCN(C(=O)C(C)(C)Oc3ccc(Cl)cc3)CC2)n1. The fourth-order valence-electron chi connectivity index (χ4n) is 3.96. The quantitative estimate of drug-likeness (QED) is 0.680. The van der Waals surface area contributed by atoms with Crippen molar-refractivity contribution >= 4 is 29.3 Å². The Hall–Kier alpha value is -2.58. The van der Waals surface area contributed by atoms with E-state index < -0.39 is 5.60 Å². The minimum atomic E-state index is -0.973. The van der Waals surface area contributed by atoms with Gasteiger partial charge in [0.15, 0.2) is 5.60 Å². The summed E-state index contributed by atoms with van der Waals surface area (Å²) in [4.78, 5) is 28.8. The molecule has 4 rings (SSSR count). The predicted molar refractivity (Wildman–Crippen MR) is 125 cm³/mol. The van der Waals surface area contributed by atoms with E-state index >= 15 is 0 Å². The van der Waals surface area contributed by atoms with Crippen LogP contribution in [-0.2, 0) is 9.53 Å². The molecule has 1 aromatic carbocycles. The average Bonchev–Trinajstić information content (AvgIpc) is 2.80. The number of nitrogens with zero attached hydrogens (tertiary/aromatic N) is 5. The largest absolute Gasteiger partial charge is 0.478 e. The molecule has 2 aromatic rings. The molecule has 3 heterocycles. The van der Waals surface area contributed by atoms with Crippen LogP contribution in [0.5, 0.6) is 5.75 Å². The molecule has 172 valence electrons. The summed E-state index contributed by atoms with van der Waals surface area (Å²) in [6.45, 7) is 11.2. The third kappa shape index (κ3) is 5.24. The summed E-state index contributed by atoms with van der Waals surface area (Å²) in [5.74, 6) is 2.24. The Labute approximate surface area is 194 Å². The lowest BCUT2D eigenvalue weighted by atomic mass is 10.1. The molecule has 1 amide bonds. The van der Waals surface area contributed by atoms with Crippen molar-refractivity contribution in [1.82, 2.24) is 14.9 Å². The highest BCUT2D eigenvalue weighted by Gasteiger charge is 2.36. The second-order valence-electron chi connectivity index (χ2n) is 8.61. The number of amides is 1. The Morgan fingerprint density at radius 3 is 2.31 bits per heavy atom. The molecule has 0 radical (unpaired) electrons. The highest BCUT2D eigenvalue weighted by atomic mass is 35.5. The summed E-state index contributed by atoms with van der Waals surface area (Å²) in [6.07, 6.45) is 0. The van der Waals surface area contributed by atoms with Crippen LogP contribution in [0.2, 0.25) is 5.02 Å². The summed E-state index contributed by atoms with van der Waals surface area (Å²) >= 11 is 5.94. The first-order valence-electron chi connectivity index (χ1n) is 11.0. The van der Waals surface area contributed by atoms with Gasteiger partial charge in [-0.15, -0.1) is 0 Å². The molecule has 2 saturated heterocycles. The monoisotopic (exact) mass is 459 g/mol. The van der Waals surface area contributed by atoms with Crippen molar-refractivity contribution in [1.29, 1.82) is 0 Å². The van der Waals surface area contributed by atoms with Crippen LogP contribution >= 0.6 is 11.6 Å². The summed E-state index contributed by atoms with van der Waals surface area (Å²) in [5.41, 5.74) is -0.0354. The summed E-state index contributed by atoms with van der Waals surface area (Å²) in [6, 6.07) is 9.07. The van der Waals surface area contributed by atoms with Gasteiger partial charge in [-0.05, 0) is 45.0 Å². The molecular formula is C23H30ClN5O3. The van der Waals surface area contributed by atoms with Gasteiger partial charge in [-0.1, -0.05) is 11.6 Å². The lowest BCUT2D eigenvalue weighted by Gasteiger charge is -2.38. The lowest BCUT2D eigenvalue weighted by molar-refractivity contribution is -0.145. The van der Waals surface area contributed by atoms with Crippen molar-refractivity contribution < 1.29 is 14.3 Å². The van der Waals surface area contributed by atoms with Crippen molar-refractivity contribution in [3.8, 4) is 5.75 Å². The van der Waals surface area contributed by atoms with Gasteiger partial charge in [-0.3, -0.25) is 4.79 Å². The number of hydrogen-bond donors (Lipinski definition) is 0. The lowest BCUT2D eigenvalue weighted by Crippen LogP contribution is -2.56. The zero-order chi connectivity index (χ0) is 22.7. The maximum atomic E-state index is 13.2. The van der Waals surface area contributed by atoms with Gasteiger partial charge in [0.2, 0.25) is 5.95 Å². The number of piperazine rings is 1. The number of anilines is 2. The predicted octanol–water partition coefficient (Wildman–Crippen LogP) is 2.78. The maximum absolute atomic E-state index is 13.2. The van der Waals surface area contributed by atoms with Gasteiger partial charge in [0.25, 0.3) is 5.91 Å². The first kappa shape index (κ1) is 22.6. The molecule has 2 fully saturated rings. The van der Waals surface area contributed by atoms with Gasteiger partial charge in [0.05, 0.1) is 13.2 Å². The number of rotatable bonds is 5. The van der Waals surface area contributed by atoms with Crippen molar-refractivity contribution in [2.24, 2.45) is 0 Å². The number of halogens is 1. The van der Waals surface area contributed by atoms with Crippen molar-refractivity contribution in [3.63, 3.8) is 0 Å². The number of morpholine rings is 1. The molecule has 0 saturated carbocycles. The van der Waals surface area contributed by atoms with Crippen LogP contribution in [0.15, 0.2) is 30.3 Å². The number of carbonyl (C=O) groups excluding carboxylic acids is 1. The maximum Gasteiger partial charge on any atom is 0.266 e. The van der Waals surface area contributed by atoms with Crippen LogP contribution in [0.4, 0.5) is 11.8 Å². The Morgan fingerprint density at radius 2 is 1.66 bits per heavy atom. The van der Waals surface area contributed by atoms with E-state index in [1.807, 2.05) is 17.9 Å². The van der Waals surface area contributed by atoms with Crippen LogP contribution < -0.4 is 14.5 Å². The molecule has 0 atom stereocenters. The Morgan fingerprint density at radius 1 is 1.00 bits per heavy atom. The van der Waals surface area contributed by atoms with E-state index in [-0.39, 0.29) is 5.91 Å². The average molecular weight is 460 g/mol. The third-order valence-corrected chi connectivity index (χ3v) is 5.97. The molecule has 0 N–H and O–H groups in total. The molecule has 2 aliphatic rings. The number of ether oxygens (including phenoxy) is 2. The number of carbonyl (C=O) groups is 1. The van der Waals surface area contributed by atoms with Gasteiger partial charge >= 0.3 is 0 Å². The number of benzene rings is 1. The summed E-state index contributed by atoms with van der Waals surface area (Å²) in [5, 5.41) is 0.632. The van der Waals surface area contributed by atoms with Crippen LogP contribution in [0, 0.1) is 6.92 Å². The topological polar surface area (TPSA) is 71.0 Å². The first-order chi connectivity index (χ1) is 15.3. The Kier molecular flexibility index (Phi) is 6.71. The van der Waals surface area contributed by atoms with Crippen molar-refractivity contribution in [3.05, 3.63) is 41.0 Å². The second-order valence-corrected chi connectivity index (χ2v) is 9.05. The standard InChI is InChI=1S/C23H30ClN5O3/c1-17-16-20(27-12-14-31-15-13-27)26-22(25-17)29-10-8-28(9-11-29)21(30)23(2,3)32-19-6-4-18(24)5-7-19/h4-7,16H,8-15H2,1-3H3. The van der Waals surface area contributed by atoms with Gasteiger partial charge in [-0.25, -0.2) is 4.98 Å². The highest BCUT2D eigenvalue weighted by molar-refractivity contribution is 6.30. The number of aromatic nitrogens is 2. The number of hydrogen-bond acceptors (Lipinski definition) is 7. The van der Waals surface area contributed by atoms with E-state index in [1.165, 1.54) is 0 Å². The smallest absolute Gasteiger partial charge is 0.266 e. The first-order valence-corrected chi connectivity index (χ1v) is 11.4. The third-order valence-electron chi connectivity index (χ3n) is 5.72. The molecule has 8 nitrogen and oxygen atoms in total. The van der Waals surface area contributed by atoms with Crippen LogP contribution in [0.25, 0.3) is 0 Å². The molecule has 0 unspecified atom stereocenters. The van der Waals surface area contributed by atoms with E-state index in [4.69, 9.17) is 26.1 Å². The minimum Gasteiger partial charge on any atom is -0.478 e. The minimum absolute atomic E-state index is 0.0359. The fourth-order valence-corrected chi connectivity index (χ4v) is 4.09. The van der Waals surface area contributed by atoms with Crippen LogP contribution in [-0.4, -0.2) is 78.9 Å². The Balaban J connectivity index is 1.38. The summed E-state index contributed by atoms with van der Waals surface area (Å²) < 4.78 is 11.4. The van der Waals surface area contributed by atoms with Gasteiger partial charge in [0.1, 0.15) is 11.6 Å². The zero-order valence-corrected chi connectivity index (χ0v) is 19.6. The van der Waals surface area contributed by atoms with E-state index in [2.05, 4.69) is 14.8 Å². The van der Waals surface area contributed by atoms with Crippen LogP contribution in [0.3, 0.4) is 0 Å². The molecule has 2 aliphatic heterocycles. The van der Waals surface area contributed by atoms with E-state index in [9.17, 15) is 4.79 Å². The van der Waals surface area contributed by atoms with Crippen LogP contribution in [0.1, 0.15) is 19.5 Å². The normalized spacial score (nSPS) is 17.4. The van der Waals surface area contributed by atoms with Gasteiger partial charge in [-0.2, -0.15) is 4.98 Å². The molecule has 1 aromatic heterocycles. The van der Waals surface area contributed by atoms with Crippen molar-refractivity contribution in [2.45, 2.75) is 26.4 Å². The molecule has 0 bridgehead atoms. The Bertz CT molecular complexity index is 939. The summed E-state index contributed by atoms with van der Waals surface area (Å²) in [7, 11) is 0. The molecule has 0 aliphatic carbocycles. The van der Waals surface area contributed by atoms with Crippen molar-refractivity contribution in [2.75, 3.05) is 62.3 Å². The molecule has 9 heteroatoms. The van der Waals surface area contributed by atoms with E-state index in [0.29, 0.717) is 50.2 Å². The highest BCUT2D eigenvalue weighted by Crippen LogP contribution is 2.24. The molecular weight excluding hydrogens is 430 g/mol. The zero-order valence-electron chi connectivity index (χ0n) is 18.9.